The second-order valence-electron chi connectivity index (χ2n) is 5.59. The average molecular weight is 306 g/mol. The Morgan fingerprint density at radius 3 is 2.18 bits per heavy atom. The highest BCUT2D eigenvalue weighted by molar-refractivity contribution is 5.69. The maximum Gasteiger partial charge on any atom is 0.305 e. The van der Waals surface area contributed by atoms with Gasteiger partial charge in [-0.3, -0.25) is 4.79 Å². The molecule has 2 nitrogen and oxygen atoms in total. The molecule has 0 amide bonds. The molecular formula is C19H27FO2. The van der Waals surface area contributed by atoms with Gasteiger partial charge in [0.05, 0.1) is 12.4 Å². The Balaban J connectivity index is 1.90. The quantitative estimate of drug-likeness (QED) is 0.383. The van der Waals surface area contributed by atoms with Gasteiger partial charge in [-0.1, -0.05) is 62.6 Å². The molecule has 0 spiro atoms. The summed E-state index contributed by atoms with van der Waals surface area (Å²) in [6, 6.07) is 10.0. The minimum absolute atomic E-state index is 0.107. The Hall–Kier alpha value is -1.64. The summed E-state index contributed by atoms with van der Waals surface area (Å²) in [6.45, 7) is 3.70. The molecule has 3 heteroatoms. The van der Waals surface area contributed by atoms with Crippen molar-refractivity contribution in [1.29, 1.82) is 0 Å². The summed E-state index contributed by atoms with van der Waals surface area (Å²) in [6.07, 6.45) is 7.74. The predicted octanol–water partition coefficient (Wildman–Crippen LogP) is 5.38. The number of allylic oxidation sites excluding steroid dienone is 1. The molecule has 0 aromatic heterocycles. The number of hydrogen-bond acceptors (Lipinski definition) is 2. The number of carbonyl (C=O) groups is 1. The van der Waals surface area contributed by atoms with Crippen molar-refractivity contribution in [2.75, 3.05) is 6.61 Å². The molecule has 0 heterocycles. The van der Waals surface area contributed by atoms with Crippen molar-refractivity contribution < 1.29 is 13.9 Å². The number of rotatable bonds is 12. The topological polar surface area (TPSA) is 26.3 Å². The maximum atomic E-state index is 12.4. The van der Waals surface area contributed by atoms with E-state index >= 15 is 0 Å². The summed E-state index contributed by atoms with van der Waals surface area (Å²) in [5, 5.41) is 0. The van der Waals surface area contributed by atoms with Crippen LogP contribution in [0, 0.1) is 0 Å². The van der Waals surface area contributed by atoms with E-state index in [1.54, 1.807) is 0 Å². The van der Waals surface area contributed by atoms with Crippen molar-refractivity contribution in [1.82, 2.24) is 0 Å². The van der Waals surface area contributed by atoms with Crippen molar-refractivity contribution in [3.8, 4) is 0 Å². The molecule has 0 N–H and O–H groups in total. The number of unbranched alkanes of at least 4 members (excludes halogenated alkanes) is 5. The fourth-order valence-electron chi connectivity index (χ4n) is 2.29. The van der Waals surface area contributed by atoms with Crippen LogP contribution >= 0.6 is 0 Å². The van der Waals surface area contributed by atoms with Gasteiger partial charge in [0.2, 0.25) is 0 Å². The monoisotopic (exact) mass is 306 g/mol. The summed E-state index contributed by atoms with van der Waals surface area (Å²) in [5.41, 5.74) is 1.19. The molecule has 1 aromatic carbocycles. The zero-order valence-electron chi connectivity index (χ0n) is 13.4. The van der Waals surface area contributed by atoms with Gasteiger partial charge in [-0.25, -0.2) is 4.39 Å². The van der Waals surface area contributed by atoms with Crippen LogP contribution in [0.15, 0.2) is 42.7 Å². The summed E-state index contributed by atoms with van der Waals surface area (Å²) in [5.74, 6) is -0.331. The molecule has 122 valence electrons. The van der Waals surface area contributed by atoms with Gasteiger partial charge in [0, 0.05) is 12.8 Å². The van der Waals surface area contributed by atoms with Crippen LogP contribution < -0.4 is 0 Å². The van der Waals surface area contributed by atoms with Crippen LogP contribution in [0.3, 0.4) is 0 Å². The average Bonchev–Trinajstić information content (AvgIpc) is 2.50. The lowest BCUT2D eigenvalue weighted by atomic mass is 10.1. The second kappa shape index (κ2) is 12.0. The van der Waals surface area contributed by atoms with E-state index in [4.69, 9.17) is 4.74 Å². The minimum atomic E-state index is -0.224. The Labute approximate surface area is 133 Å². The molecule has 1 rings (SSSR count). The van der Waals surface area contributed by atoms with Gasteiger partial charge in [-0.05, 0) is 24.8 Å². The third-order valence-corrected chi connectivity index (χ3v) is 3.58. The van der Waals surface area contributed by atoms with Crippen molar-refractivity contribution in [3.63, 3.8) is 0 Å². The number of ether oxygens (including phenoxy) is 1. The number of halogens is 1. The van der Waals surface area contributed by atoms with E-state index in [0.717, 1.165) is 44.9 Å². The molecule has 0 unspecified atom stereocenters. The first-order valence-corrected chi connectivity index (χ1v) is 8.21. The third-order valence-electron chi connectivity index (χ3n) is 3.58. The van der Waals surface area contributed by atoms with Crippen molar-refractivity contribution >= 4 is 5.97 Å². The van der Waals surface area contributed by atoms with Crippen molar-refractivity contribution in [2.45, 2.75) is 57.8 Å². The zero-order chi connectivity index (χ0) is 16.0. The fourth-order valence-corrected chi connectivity index (χ4v) is 2.29. The minimum Gasteiger partial charge on any atom is -0.465 e. The number of hydrogen-bond donors (Lipinski definition) is 0. The molecule has 22 heavy (non-hydrogen) atoms. The molecule has 0 aliphatic heterocycles. The Bertz CT molecular complexity index is 428. The largest absolute Gasteiger partial charge is 0.465 e. The Morgan fingerprint density at radius 2 is 1.55 bits per heavy atom. The first-order chi connectivity index (χ1) is 10.7. The molecular weight excluding hydrogens is 279 g/mol. The predicted molar refractivity (Wildman–Crippen MR) is 88.3 cm³/mol. The summed E-state index contributed by atoms with van der Waals surface area (Å²) in [7, 11) is 0. The van der Waals surface area contributed by atoms with Crippen LogP contribution in [-0.4, -0.2) is 12.6 Å². The van der Waals surface area contributed by atoms with Crippen LogP contribution in [0.1, 0.15) is 56.9 Å². The van der Waals surface area contributed by atoms with Crippen molar-refractivity contribution in [3.05, 3.63) is 48.3 Å². The molecule has 0 atom stereocenters. The van der Waals surface area contributed by atoms with Crippen LogP contribution in [0.25, 0.3) is 0 Å². The second-order valence-corrected chi connectivity index (χ2v) is 5.59. The van der Waals surface area contributed by atoms with E-state index in [0.29, 0.717) is 19.4 Å². The molecule has 0 saturated carbocycles. The van der Waals surface area contributed by atoms with Gasteiger partial charge in [0.25, 0.3) is 0 Å². The summed E-state index contributed by atoms with van der Waals surface area (Å²) in [4.78, 5) is 11.6. The van der Waals surface area contributed by atoms with Crippen LogP contribution in [0.5, 0.6) is 0 Å². The van der Waals surface area contributed by atoms with Crippen LogP contribution in [-0.2, 0) is 16.0 Å². The van der Waals surface area contributed by atoms with E-state index in [-0.39, 0.29) is 11.8 Å². The third kappa shape index (κ3) is 10.1. The maximum absolute atomic E-state index is 12.4. The highest BCUT2D eigenvalue weighted by atomic mass is 19.1. The lowest BCUT2D eigenvalue weighted by Gasteiger charge is -2.05. The number of esters is 1. The van der Waals surface area contributed by atoms with Gasteiger partial charge in [-0.2, -0.15) is 0 Å². The standard InChI is InChI=1S/C19H27FO2/c1-17(20)11-7-4-2-3-5-10-14-19(21)22-16-15-18-12-8-6-9-13-18/h6,8-9,12-13H,1-5,7,10-11,14-16H2. The normalized spacial score (nSPS) is 10.4. The van der Waals surface area contributed by atoms with Gasteiger partial charge < -0.3 is 4.74 Å². The van der Waals surface area contributed by atoms with E-state index in [9.17, 15) is 9.18 Å². The highest BCUT2D eigenvalue weighted by Crippen LogP contribution is 2.12. The highest BCUT2D eigenvalue weighted by Gasteiger charge is 2.03. The Kier molecular flexibility index (Phi) is 10.0. The van der Waals surface area contributed by atoms with Crippen LogP contribution in [0.4, 0.5) is 4.39 Å². The summed E-state index contributed by atoms with van der Waals surface area (Å²) >= 11 is 0. The van der Waals surface area contributed by atoms with Crippen LogP contribution in [0.2, 0.25) is 0 Å². The van der Waals surface area contributed by atoms with E-state index in [2.05, 4.69) is 6.58 Å². The molecule has 0 fully saturated rings. The fraction of sp³-hybridized carbons (Fsp3) is 0.526. The molecule has 1 aromatic rings. The van der Waals surface area contributed by atoms with E-state index in [1.807, 2.05) is 30.3 Å². The lowest BCUT2D eigenvalue weighted by molar-refractivity contribution is -0.143. The first kappa shape index (κ1) is 18.4. The lowest BCUT2D eigenvalue weighted by Crippen LogP contribution is -2.07. The van der Waals surface area contributed by atoms with E-state index in [1.165, 1.54) is 5.56 Å². The molecule has 0 aliphatic rings. The van der Waals surface area contributed by atoms with Gasteiger partial charge in [0.15, 0.2) is 0 Å². The van der Waals surface area contributed by atoms with Gasteiger partial charge >= 0.3 is 5.97 Å². The molecule has 0 radical (unpaired) electrons. The molecule has 0 saturated heterocycles. The Morgan fingerprint density at radius 1 is 0.955 bits per heavy atom. The van der Waals surface area contributed by atoms with Gasteiger partial charge in [-0.15, -0.1) is 0 Å². The zero-order valence-corrected chi connectivity index (χ0v) is 13.4. The molecule has 0 aliphatic carbocycles. The molecule has 0 bridgehead atoms. The summed E-state index contributed by atoms with van der Waals surface area (Å²) < 4.78 is 17.6. The van der Waals surface area contributed by atoms with E-state index < -0.39 is 0 Å². The number of benzene rings is 1. The smallest absolute Gasteiger partial charge is 0.305 e. The first-order valence-electron chi connectivity index (χ1n) is 8.21. The SMILES string of the molecule is C=C(F)CCCCCCCCC(=O)OCCc1ccccc1. The number of carbonyl (C=O) groups excluding carboxylic acids is 1. The van der Waals surface area contributed by atoms with Gasteiger partial charge in [0.1, 0.15) is 0 Å². The van der Waals surface area contributed by atoms with Crippen molar-refractivity contribution in [2.24, 2.45) is 0 Å².